The molecular weight excluding hydrogens is 250 g/mol. The van der Waals surface area contributed by atoms with Gasteiger partial charge >= 0.3 is 0 Å². The van der Waals surface area contributed by atoms with Crippen molar-refractivity contribution in [2.75, 3.05) is 7.11 Å². The molecule has 0 bridgehead atoms. The Balaban J connectivity index is 2.33. The van der Waals surface area contributed by atoms with Gasteiger partial charge in [-0.3, -0.25) is 0 Å². The molecule has 3 nitrogen and oxygen atoms in total. The second kappa shape index (κ2) is 5.56. The van der Waals surface area contributed by atoms with Crippen LogP contribution in [-0.2, 0) is 0 Å². The summed E-state index contributed by atoms with van der Waals surface area (Å²) in [7, 11) is 1.57. The Labute approximate surface area is 110 Å². The van der Waals surface area contributed by atoms with Crippen LogP contribution in [0, 0.1) is 5.21 Å². The summed E-state index contributed by atoms with van der Waals surface area (Å²) in [6.07, 6.45) is 1.44. The molecule has 0 aliphatic carbocycles. The van der Waals surface area contributed by atoms with Crippen molar-refractivity contribution in [1.82, 2.24) is 0 Å². The van der Waals surface area contributed by atoms with Gasteiger partial charge in [0.25, 0.3) is 0 Å². The largest absolute Gasteiger partial charge is 0.618 e. The fourth-order valence-corrected chi connectivity index (χ4v) is 1.73. The van der Waals surface area contributed by atoms with Crippen molar-refractivity contribution in [2.45, 2.75) is 0 Å². The Bertz CT molecular complexity index is 567. The average molecular weight is 262 g/mol. The molecule has 4 heteroatoms. The Kier molecular flexibility index (Phi) is 3.85. The van der Waals surface area contributed by atoms with E-state index in [9.17, 15) is 5.21 Å². The standard InChI is InChI=1S/C14H12ClNO2/c1-18-13-8-7-11(14(15)9-13)10-16(17)12-5-3-2-4-6-12/h2-10H,1H3. The van der Waals surface area contributed by atoms with Crippen molar-refractivity contribution in [3.63, 3.8) is 0 Å². The van der Waals surface area contributed by atoms with E-state index in [0.29, 0.717) is 22.0 Å². The third-order valence-corrected chi connectivity index (χ3v) is 2.80. The molecule has 2 rings (SSSR count). The summed E-state index contributed by atoms with van der Waals surface area (Å²) in [5, 5.41) is 12.4. The van der Waals surface area contributed by atoms with Crippen molar-refractivity contribution in [2.24, 2.45) is 0 Å². The third-order valence-electron chi connectivity index (χ3n) is 2.47. The van der Waals surface area contributed by atoms with Gasteiger partial charge in [-0.2, -0.15) is 4.74 Å². The minimum absolute atomic E-state index is 0.478. The minimum atomic E-state index is 0.478. The summed E-state index contributed by atoms with van der Waals surface area (Å²) in [4.78, 5) is 0. The lowest BCUT2D eigenvalue weighted by atomic mass is 10.2. The van der Waals surface area contributed by atoms with E-state index in [2.05, 4.69) is 0 Å². The SMILES string of the molecule is COc1ccc(C=[N+]([O-])c2ccccc2)c(Cl)c1. The predicted octanol–water partition coefficient (Wildman–Crippen LogP) is 3.61. The Morgan fingerprint density at radius 3 is 2.50 bits per heavy atom. The number of hydrogen-bond donors (Lipinski definition) is 0. The molecule has 0 fully saturated rings. The topological polar surface area (TPSA) is 35.3 Å². The summed E-state index contributed by atoms with van der Waals surface area (Å²) in [5.41, 5.74) is 1.21. The highest BCUT2D eigenvalue weighted by Gasteiger charge is 2.05. The van der Waals surface area contributed by atoms with Crippen molar-refractivity contribution in [3.8, 4) is 5.75 Å². The number of nitrogens with zero attached hydrogens (tertiary/aromatic N) is 1. The maximum absolute atomic E-state index is 11.9. The molecule has 0 aliphatic heterocycles. The first-order valence-electron chi connectivity index (χ1n) is 5.40. The van der Waals surface area contributed by atoms with Gasteiger partial charge in [-0.15, -0.1) is 0 Å². The second-order valence-electron chi connectivity index (χ2n) is 3.68. The van der Waals surface area contributed by atoms with E-state index < -0.39 is 0 Å². The number of rotatable bonds is 3. The zero-order chi connectivity index (χ0) is 13.0. The first kappa shape index (κ1) is 12.5. The molecule has 0 radical (unpaired) electrons. The molecule has 0 atom stereocenters. The van der Waals surface area contributed by atoms with Crippen LogP contribution in [0.4, 0.5) is 5.69 Å². The average Bonchev–Trinajstić information content (AvgIpc) is 2.42. The van der Waals surface area contributed by atoms with Crippen LogP contribution in [0.3, 0.4) is 0 Å². The fraction of sp³-hybridized carbons (Fsp3) is 0.0714. The molecule has 0 heterocycles. The molecule has 0 amide bonds. The Morgan fingerprint density at radius 2 is 1.89 bits per heavy atom. The smallest absolute Gasteiger partial charge is 0.216 e. The van der Waals surface area contributed by atoms with Gasteiger partial charge in [-0.25, -0.2) is 0 Å². The highest BCUT2D eigenvalue weighted by atomic mass is 35.5. The minimum Gasteiger partial charge on any atom is -0.618 e. The van der Waals surface area contributed by atoms with Crippen molar-refractivity contribution in [1.29, 1.82) is 0 Å². The number of benzene rings is 2. The quantitative estimate of drug-likeness (QED) is 0.366. The highest BCUT2D eigenvalue weighted by Crippen LogP contribution is 2.21. The van der Waals surface area contributed by atoms with Crippen molar-refractivity contribution in [3.05, 3.63) is 64.3 Å². The van der Waals surface area contributed by atoms with E-state index in [1.165, 1.54) is 6.21 Å². The molecule has 0 saturated carbocycles. The predicted molar refractivity (Wildman–Crippen MR) is 72.9 cm³/mol. The molecule has 0 aliphatic rings. The van der Waals surface area contributed by atoms with Crippen LogP contribution in [-0.4, -0.2) is 18.1 Å². The van der Waals surface area contributed by atoms with Gasteiger partial charge in [-0.1, -0.05) is 29.8 Å². The summed E-state index contributed by atoms with van der Waals surface area (Å²) in [5.74, 6) is 0.661. The summed E-state index contributed by atoms with van der Waals surface area (Å²) in [6.45, 7) is 0. The van der Waals surface area contributed by atoms with Crippen LogP contribution in [0.2, 0.25) is 5.02 Å². The van der Waals surface area contributed by atoms with Crippen molar-refractivity contribution >= 4 is 23.5 Å². The Morgan fingerprint density at radius 1 is 1.17 bits per heavy atom. The number of hydrogen-bond acceptors (Lipinski definition) is 2. The lowest BCUT2D eigenvalue weighted by Crippen LogP contribution is -1.99. The molecular formula is C14H12ClNO2. The summed E-state index contributed by atoms with van der Waals surface area (Å²) in [6, 6.07) is 14.1. The van der Waals surface area contributed by atoms with Crippen LogP contribution >= 0.6 is 11.6 Å². The molecule has 18 heavy (non-hydrogen) atoms. The maximum Gasteiger partial charge on any atom is 0.216 e. The molecule has 2 aromatic carbocycles. The number of para-hydroxylation sites is 1. The Hall–Kier alpha value is -2.00. The van der Waals surface area contributed by atoms with Crippen LogP contribution < -0.4 is 4.74 Å². The van der Waals surface area contributed by atoms with Gasteiger partial charge in [0, 0.05) is 12.1 Å². The molecule has 0 N–H and O–H groups in total. The fourth-order valence-electron chi connectivity index (χ4n) is 1.52. The zero-order valence-electron chi connectivity index (χ0n) is 9.84. The van der Waals surface area contributed by atoms with Crippen LogP contribution in [0.25, 0.3) is 0 Å². The van der Waals surface area contributed by atoms with Gasteiger partial charge in [0.15, 0.2) is 6.21 Å². The van der Waals surface area contributed by atoms with E-state index in [4.69, 9.17) is 16.3 Å². The lowest BCUT2D eigenvalue weighted by Gasteiger charge is -2.05. The molecule has 0 saturated heterocycles. The first-order chi connectivity index (χ1) is 8.70. The summed E-state index contributed by atoms with van der Waals surface area (Å²) < 4.78 is 5.83. The van der Waals surface area contributed by atoms with E-state index in [1.54, 1.807) is 37.4 Å². The molecule has 92 valence electrons. The number of halogens is 1. The van der Waals surface area contributed by atoms with E-state index in [1.807, 2.05) is 18.2 Å². The number of ether oxygens (including phenoxy) is 1. The first-order valence-corrected chi connectivity index (χ1v) is 5.78. The van der Waals surface area contributed by atoms with Crippen molar-refractivity contribution < 1.29 is 9.48 Å². The van der Waals surface area contributed by atoms with Gasteiger partial charge in [-0.05, 0) is 18.2 Å². The highest BCUT2D eigenvalue weighted by molar-refractivity contribution is 6.33. The zero-order valence-corrected chi connectivity index (χ0v) is 10.6. The van der Waals surface area contributed by atoms with Gasteiger partial charge in [0.05, 0.1) is 17.7 Å². The molecule has 0 spiro atoms. The van der Waals surface area contributed by atoms with Crippen LogP contribution in [0.15, 0.2) is 48.5 Å². The molecule has 0 unspecified atom stereocenters. The van der Waals surface area contributed by atoms with Gasteiger partial charge in [0.1, 0.15) is 5.75 Å². The second-order valence-corrected chi connectivity index (χ2v) is 4.09. The molecule has 0 aromatic heterocycles. The maximum atomic E-state index is 11.9. The molecule has 2 aromatic rings. The monoisotopic (exact) mass is 261 g/mol. The lowest BCUT2D eigenvalue weighted by molar-refractivity contribution is -0.354. The van der Waals surface area contributed by atoms with Crippen LogP contribution in [0.1, 0.15) is 5.56 Å². The van der Waals surface area contributed by atoms with E-state index in [-0.39, 0.29) is 0 Å². The van der Waals surface area contributed by atoms with Gasteiger partial charge in [0.2, 0.25) is 5.69 Å². The van der Waals surface area contributed by atoms with E-state index >= 15 is 0 Å². The van der Waals surface area contributed by atoms with E-state index in [0.717, 1.165) is 4.74 Å². The number of methoxy groups -OCH3 is 1. The van der Waals surface area contributed by atoms with Crippen LogP contribution in [0.5, 0.6) is 5.75 Å². The normalized spacial score (nSPS) is 11.3. The summed E-state index contributed by atoms with van der Waals surface area (Å²) >= 11 is 6.06. The third kappa shape index (κ3) is 2.81. The van der Waals surface area contributed by atoms with Gasteiger partial charge < -0.3 is 9.94 Å².